The van der Waals surface area contributed by atoms with Gasteiger partial charge in [-0.2, -0.15) is 0 Å². The number of fused-ring (bicyclic) bond motifs is 1. The van der Waals surface area contributed by atoms with E-state index in [1.54, 1.807) is 14.2 Å². The van der Waals surface area contributed by atoms with Crippen LogP contribution in [0.25, 0.3) is 11.0 Å². The third kappa shape index (κ3) is 3.32. The van der Waals surface area contributed by atoms with E-state index in [9.17, 15) is 0 Å². The quantitative estimate of drug-likeness (QED) is 0.832. The van der Waals surface area contributed by atoms with Gasteiger partial charge in [-0.15, -0.1) is 0 Å². The van der Waals surface area contributed by atoms with Gasteiger partial charge in [0, 0.05) is 12.1 Å². The number of furan rings is 1. The number of hydrogen-bond donors (Lipinski definition) is 1. The van der Waals surface area contributed by atoms with Crippen LogP contribution in [0.15, 0.2) is 22.6 Å². The van der Waals surface area contributed by atoms with Gasteiger partial charge in [-0.1, -0.05) is 20.8 Å². The maximum Gasteiger partial charge on any atom is 0.141 e. The highest BCUT2D eigenvalue weighted by molar-refractivity contribution is 5.86. The van der Waals surface area contributed by atoms with Crippen LogP contribution in [0.4, 0.5) is 0 Å². The van der Waals surface area contributed by atoms with Crippen LogP contribution in [0, 0.1) is 5.92 Å². The van der Waals surface area contributed by atoms with E-state index in [1.165, 1.54) is 0 Å². The molecule has 21 heavy (non-hydrogen) atoms. The zero-order valence-corrected chi connectivity index (χ0v) is 13.5. The Kier molecular flexibility index (Phi) is 5.12. The molecule has 2 rings (SSSR count). The van der Waals surface area contributed by atoms with Gasteiger partial charge >= 0.3 is 0 Å². The highest BCUT2D eigenvalue weighted by atomic mass is 16.5. The van der Waals surface area contributed by atoms with Gasteiger partial charge in [-0.25, -0.2) is 0 Å². The Balaban J connectivity index is 2.44. The molecule has 1 aromatic heterocycles. The maximum absolute atomic E-state index is 6.05. The van der Waals surface area contributed by atoms with Crippen LogP contribution in [0.2, 0.25) is 0 Å². The van der Waals surface area contributed by atoms with Crippen molar-refractivity contribution < 1.29 is 13.9 Å². The van der Waals surface area contributed by atoms with Crippen molar-refractivity contribution in [3.8, 4) is 11.5 Å². The van der Waals surface area contributed by atoms with Crippen molar-refractivity contribution in [2.75, 3.05) is 20.8 Å². The van der Waals surface area contributed by atoms with Crippen molar-refractivity contribution in [3.05, 3.63) is 24.0 Å². The molecule has 0 saturated carbocycles. The zero-order chi connectivity index (χ0) is 15.4. The van der Waals surface area contributed by atoms with Crippen molar-refractivity contribution in [3.63, 3.8) is 0 Å². The van der Waals surface area contributed by atoms with Crippen molar-refractivity contribution in [2.24, 2.45) is 5.92 Å². The topological polar surface area (TPSA) is 43.6 Å². The second kappa shape index (κ2) is 6.85. The number of nitrogens with one attached hydrogen (secondary N) is 1. The monoisotopic (exact) mass is 291 g/mol. The summed E-state index contributed by atoms with van der Waals surface area (Å²) in [6, 6.07) is 6.05. The molecule has 4 nitrogen and oxygen atoms in total. The second-order valence-electron chi connectivity index (χ2n) is 5.57. The summed E-state index contributed by atoms with van der Waals surface area (Å²) in [7, 11) is 3.31. The van der Waals surface area contributed by atoms with E-state index in [0.717, 1.165) is 41.2 Å². The third-order valence-electron chi connectivity index (χ3n) is 3.64. The van der Waals surface area contributed by atoms with Crippen molar-refractivity contribution in [2.45, 2.75) is 33.2 Å². The molecule has 2 aromatic rings. The standard InChI is InChI=1S/C17H25NO3/c1-6-7-18-17(11(2)3)16-10-13-14(20-5)8-12(19-4)9-15(13)21-16/h8-11,17-18H,6-7H2,1-5H3. The Bertz CT molecular complexity index is 589. The first-order chi connectivity index (χ1) is 10.1. The Morgan fingerprint density at radius 1 is 1.14 bits per heavy atom. The molecule has 1 unspecified atom stereocenters. The molecule has 0 aliphatic carbocycles. The Labute approximate surface area is 126 Å². The lowest BCUT2D eigenvalue weighted by Crippen LogP contribution is -2.25. The number of ether oxygens (including phenoxy) is 2. The van der Waals surface area contributed by atoms with Gasteiger partial charge < -0.3 is 19.2 Å². The lowest BCUT2D eigenvalue weighted by atomic mass is 10.0. The van der Waals surface area contributed by atoms with E-state index in [1.807, 2.05) is 12.1 Å². The predicted octanol–water partition coefficient (Wildman–Crippen LogP) is 4.15. The van der Waals surface area contributed by atoms with Gasteiger partial charge in [0.2, 0.25) is 0 Å². The molecule has 0 aliphatic heterocycles. The Morgan fingerprint density at radius 3 is 2.48 bits per heavy atom. The van der Waals surface area contributed by atoms with E-state index in [-0.39, 0.29) is 6.04 Å². The summed E-state index contributed by atoms with van der Waals surface area (Å²) in [5.74, 6) is 2.91. The van der Waals surface area contributed by atoms with Crippen LogP contribution in [0.5, 0.6) is 11.5 Å². The minimum Gasteiger partial charge on any atom is -0.496 e. The van der Waals surface area contributed by atoms with Gasteiger partial charge in [-0.3, -0.25) is 0 Å². The summed E-state index contributed by atoms with van der Waals surface area (Å²) >= 11 is 0. The summed E-state index contributed by atoms with van der Waals surface area (Å²) in [6.45, 7) is 7.52. The van der Waals surface area contributed by atoms with Crippen LogP contribution in [-0.2, 0) is 0 Å². The molecule has 1 heterocycles. The highest BCUT2D eigenvalue weighted by Gasteiger charge is 2.21. The van der Waals surface area contributed by atoms with E-state index in [4.69, 9.17) is 13.9 Å². The van der Waals surface area contributed by atoms with E-state index in [0.29, 0.717) is 5.92 Å². The fraction of sp³-hybridized carbons (Fsp3) is 0.529. The van der Waals surface area contributed by atoms with Crippen LogP contribution >= 0.6 is 0 Å². The van der Waals surface area contributed by atoms with Crippen LogP contribution in [0.3, 0.4) is 0 Å². The number of rotatable bonds is 7. The lowest BCUT2D eigenvalue weighted by Gasteiger charge is -2.19. The molecular formula is C17H25NO3. The lowest BCUT2D eigenvalue weighted by molar-refractivity contribution is 0.351. The molecule has 0 bridgehead atoms. The molecule has 0 radical (unpaired) electrons. The third-order valence-corrected chi connectivity index (χ3v) is 3.64. The fourth-order valence-electron chi connectivity index (χ4n) is 2.51. The molecule has 0 saturated heterocycles. The molecule has 0 aliphatic rings. The predicted molar refractivity (Wildman–Crippen MR) is 85.2 cm³/mol. The molecule has 0 spiro atoms. The Hall–Kier alpha value is -1.68. The Morgan fingerprint density at radius 2 is 1.90 bits per heavy atom. The van der Waals surface area contributed by atoms with Gasteiger partial charge in [0.15, 0.2) is 0 Å². The first-order valence-corrected chi connectivity index (χ1v) is 7.49. The summed E-state index contributed by atoms with van der Waals surface area (Å²) in [5, 5.41) is 4.53. The second-order valence-corrected chi connectivity index (χ2v) is 5.57. The summed E-state index contributed by atoms with van der Waals surface area (Å²) < 4.78 is 16.8. The van der Waals surface area contributed by atoms with Crippen LogP contribution in [0.1, 0.15) is 39.0 Å². The van der Waals surface area contributed by atoms with Gasteiger partial charge in [0.1, 0.15) is 22.8 Å². The molecule has 1 N–H and O–H groups in total. The summed E-state index contributed by atoms with van der Waals surface area (Å²) in [5.41, 5.74) is 0.796. The molecule has 4 heteroatoms. The minimum absolute atomic E-state index is 0.202. The van der Waals surface area contributed by atoms with Crippen molar-refractivity contribution in [1.82, 2.24) is 5.32 Å². The van der Waals surface area contributed by atoms with Gasteiger partial charge in [0.05, 0.1) is 25.6 Å². The van der Waals surface area contributed by atoms with Crippen molar-refractivity contribution >= 4 is 11.0 Å². The molecule has 1 aromatic carbocycles. The minimum atomic E-state index is 0.202. The number of benzene rings is 1. The molecular weight excluding hydrogens is 266 g/mol. The molecule has 1 atom stereocenters. The number of hydrogen-bond acceptors (Lipinski definition) is 4. The average Bonchev–Trinajstić information content (AvgIpc) is 2.89. The van der Waals surface area contributed by atoms with E-state index < -0.39 is 0 Å². The SMILES string of the molecule is CCCNC(c1cc2c(OC)cc(OC)cc2o1)C(C)C. The van der Waals surface area contributed by atoms with Gasteiger partial charge in [-0.05, 0) is 24.9 Å². The maximum atomic E-state index is 6.05. The first kappa shape index (κ1) is 15.7. The molecule has 0 amide bonds. The van der Waals surface area contributed by atoms with Crippen molar-refractivity contribution in [1.29, 1.82) is 0 Å². The summed E-state index contributed by atoms with van der Waals surface area (Å²) in [4.78, 5) is 0. The molecule has 116 valence electrons. The zero-order valence-electron chi connectivity index (χ0n) is 13.5. The average molecular weight is 291 g/mol. The smallest absolute Gasteiger partial charge is 0.141 e. The molecule has 0 fully saturated rings. The fourth-order valence-corrected chi connectivity index (χ4v) is 2.51. The van der Waals surface area contributed by atoms with Crippen LogP contribution in [-0.4, -0.2) is 20.8 Å². The largest absolute Gasteiger partial charge is 0.496 e. The normalized spacial score (nSPS) is 12.9. The number of methoxy groups -OCH3 is 2. The van der Waals surface area contributed by atoms with E-state index in [2.05, 4.69) is 32.2 Å². The first-order valence-electron chi connectivity index (χ1n) is 7.49. The van der Waals surface area contributed by atoms with E-state index >= 15 is 0 Å². The summed E-state index contributed by atoms with van der Waals surface area (Å²) in [6.07, 6.45) is 1.10. The van der Waals surface area contributed by atoms with Gasteiger partial charge in [0.25, 0.3) is 0 Å². The highest BCUT2D eigenvalue weighted by Crippen LogP contribution is 2.36. The van der Waals surface area contributed by atoms with Crippen LogP contribution < -0.4 is 14.8 Å².